The fourth-order valence-corrected chi connectivity index (χ4v) is 3.66. The number of aliphatic hydroxyl groups is 1. The predicted octanol–water partition coefficient (Wildman–Crippen LogP) is 4.21. The maximum Gasteiger partial charge on any atom is 0.125 e. The SMILES string of the molecule is CCn1c(CN(Cc2ccccc2)C(CO)C(C)C)nc2cc(F)ccc21. The number of nitrogens with zero attached hydrogens (tertiary/aromatic N) is 3. The smallest absolute Gasteiger partial charge is 0.125 e. The van der Waals surface area contributed by atoms with E-state index in [0.717, 1.165) is 24.4 Å². The van der Waals surface area contributed by atoms with Gasteiger partial charge in [0.15, 0.2) is 0 Å². The van der Waals surface area contributed by atoms with Crippen LogP contribution in [0.15, 0.2) is 48.5 Å². The molecular weight excluding hydrogens is 341 g/mol. The van der Waals surface area contributed by atoms with Gasteiger partial charge in [0.1, 0.15) is 11.6 Å². The summed E-state index contributed by atoms with van der Waals surface area (Å²) in [5.41, 5.74) is 2.82. The molecule has 1 aromatic heterocycles. The third kappa shape index (κ3) is 4.37. The summed E-state index contributed by atoms with van der Waals surface area (Å²) in [5.74, 6) is 0.926. The van der Waals surface area contributed by atoms with Crippen molar-refractivity contribution < 1.29 is 9.50 Å². The van der Waals surface area contributed by atoms with Gasteiger partial charge in [-0.15, -0.1) is 0 Å². The van der Waals surface area contributed by atoms with Gasteiger partial charge in [-0.3, -0.25) is 4.90 Å². The number of aromatic nitrogens is 2. The number of hydrogen-bond donors (Lipinski definition) is 1. The minimum atomic E-state index is -0.272. The van der Waals surface area contributed by atoms with Crippen LogP contribution in [0.2, 0.25) is 0 Å². The van der Waals surface area contributed by atoms with Gasteiger partial charge in [-0.25, -0.2) is 9.37 Å². The Hall–Kier alpha value is -2.24. The van der Waals surface area contributed by atoms with Crippen LogP contribution in [0, 0.1) is 11.7 Å². The van der Waals surface area contributed by atoms with Crippen molar-refractivity contribution in [2.45, 2.75) is 46.4 Å². The van der Waals surface area contributed by atoms with E-state index in [2.05, 4.69) is 42.4 Å². The molecule has 0 saturated carbocycles. The highest BCUT2D eigenvalue weighted by atomic mass is 19.1. The van der Waals surface area contributed by atoms with E-state index in [9.17, 15) is 9.50 Å². The van der Waals surface area contributed by atoms with Crippen LogP contribution in [0.4, 0.5) is 4.39 Å². The molecule has 0 fully saturated rings. The van der Waals surface area contributed by atoms with Gasteiger partial charge in [-0.1, -0.05) is 44.2 Å². The minimum Gasteiger partial charge on any atom is -0.395 e. The Morgan fingerprint density at radius 3 is 2.48 bits per heavy atom. The minimum absolute atomic E-state index is 0.0204. The van der Waals surface area contributed by atoms with Crippen molar-refractivity contribution in [1.29, 1.82) is 0 Å². The first-order chi connectivity index (χ1) is 13.0. The molecule has 0 amide bonds. The fourth-order valence-electron chi connectivity index (χ4n) is 3.66. The van der Waals surface area contributed by atoms with Crippen molar-refractivity contribution in [3.63, 3.8) is 0 Å². The molecule has 0 aliphatic carbocycles. The number of fused-ring (bicyclic) bond motifs is 1. The largest absolute Gasteiger partial charge is 0.395 e. The van der Waals surface area contributed by atoms with Crippen LogP contribution in [0.1, 0.15) is 32.2 Å². The summed E-state index contributed by atoms with van der Waals surface area (Å²) in [5, 5.41) is 10.0. The van der Waals surface area contributed by atoms with Crippen LogP contribution in [-0.4, -0.2) is 32.2 Å². The summed E-state index contributed by atoms with van der Waals surface area (Å²) < 4.78 is 15.8. The Kier molecular flexibility index (Phi) is 6.24. The van der Waals surface area contributed by atoms with E-state index in [1.165, 1.54) is 17.7 Å². The Labute approximate surface area is 160 Å². The topological polar surface area (TPSA) is 41.3 Å². The molecule has 0 aliphatic rings. The second-order valence-electron chi connectivity index (χ2n) is 7.29. The van der Waals surface area contributed by atoms with Gasteiger partial charge in [0.05, 0.1) is 24.2 Å². The normalized spacial score (nSPS) is 13.0. The van der Waals surface area contributed by atoms with Gasteiger partial charge in [-0.2, -0.15) is 0 Å². The second kappa shape index (κ2) is 8.63. The fraction of sp³-hybridized carbons (Fsp3) is 0.409. The highest BCUT2D eigenvalue weighted by Crippen LogP contribution is 2.22. The molecule has 2 aromatic carbocycles. The molecule has 0 spiro atoms. The molecule has 3 rings (SSSR count). The summed E-state index contributed by atoms with van der Waals surface area (Å²) >= 11 is 0. The average Bonchev–Trinajstić information content (AvgIpc) is 2.98. The van der Waals surface area contributed by atoms with E-state index < -0.39 is 0 Å². The summed E-state index contributed by atoms with van der Waals surface area (Å²) in [4.78, 5) is 6.97. The molecule has 0 bridgehead atoms. The van der Waals surface area contributed by atoms with Gasteiger partial charge in [0.2, 0.25) is 0 Å². The number of benzene rings is 2. The average molecular weight is 369 g/mol. The van der Waals surface area contributed by atoms with Crippen LogP contribution in [-0.2, 0) is 19.6 Å². The van der Waals surface area contributed by atoms with Crippen molar-refractivity contribution in [1.82, 2.24) is 14.5 Å². The molecule has 1 atom stereocenters. The molecule has 0 radical (unpaired) electrons. The van der Waals surface area contributed by atoms with E-state index in [1.807, 2.05) is 18.2 Å². The van der Waals surface area contributed by atoms with Crippen molar-refractivity contribution in [3.05, 3.63) is 65.7 Å². The van der Waals surface area contributed by atoms with E-state index >= 15 is 0 Å². The van der Waals surface area contributed by atoms with Crippen molar-refractivity contribution in [2.24, 2.45) is 5.92 Å². The van der Waals surface area contributed by atoms with Gasteiger partial charge in [0, 0.05) is 25.2 Å². The number of rotatable bonds is 8. The van der Waals surface area contributed by atoms with Gasteiger partial charge in [-0.05, 0) is 30.5 Å². The highest BCUT2D eigenvalue weighted by molar-refractivity contribution is 5.76. The number of hydrogen-bond acceptors (Lipinski definition) is 3. The zero-order chi connectivity index (χ0) is 19.4. The van der Waals surface area contributed by atoms with Crippen LogP contribution in [0.25, 0.3) is 11.0 Å². The monoisotopic (exact) mass is 369 g/mol. The predicted molar refractivity (Wildman–Crippen MR) is 107 cm³/mol. The number of aliphatic hydroxyl groups excluding tert-OH is 1. The third-order valence-electron chi connectivity index (χ3n) is 5.10. The molecule has 0 saturated heterocycles. The molecule has 144 valence electrons. The maximum absolute atomic E-state index is 13.6. The van der Waals surface area contributed by atoms with Crippen LogP contribution in [0.3, 0.4) is 0 Å². The molecule has 3 aromatic rings. The molecule has 0 aliphatic heterocycles. The van der Waals surface area contributed by atoms with Crippen molar-refractivity contribution in [2.75, 3.05) is 6.61 Å². The zero-order valence-corrected chi connectivity index (χ0v) is 16.3. The first-order valence-electron chi connectivity index (χ1n) is 9.57. The Morgan fingerprint density at radius 1 is 1.11 bits per heavy atom. The number of halogens is 1. The summed E-state index contributed by atoms with van der Waals surface area (Å²) in [6.07, 6.45) is 0. The quantitative estimate of drug-likeness (QED) is 0.646. The van der Waals surface area contributed by atoms with E-state index in [-0.39, 0.29) is 18.5 Å². The zero-order valence-electron chi connectivity index (χ0n) is 16.3. The van der Waals surface area contributed by atoms with Gasteiger partial charge < -0.3 is 9.67 Å². The first kappa shape index (κ1) is 19.5. The van der Waals surface area contributed by atoms with E-state index in [0.29, 0.717) is 18.0 Å². The van der Waals surface area contributed by atoms with Crippen molar-refractivity contribution >= 4 is 11.0 Å². The lowest BCUT2D eigenvalue weighted by molar-refractivity contribution is 0.0755. The van der Waals surface area contributed by atoms with Crippen LogP contribution >= 0.6 is 0 Å². The standard InChI is InChI=1S/C22H28FN3O/c1-4-26-20-11-10-18(23)12-19(20)24-22(26)14-25(21(15-27)16(2)3)13-17-8-6-5-7-9-17/h5-12,16,21,27H,4,13-15H2,1-3H3. The summed E-state index contributed by atoms with van der Waals surface area (Å²) in [6.45, 7) is 8.50. The second-order valence-corrected chi connectivity index (χ2v) is 7.29. The Balaban J connectivity index is 1.96. The van der Waals surface area contributed by atoms with E-state index in [4.69, 9.17) is 4.98 Å². The maximum atomic E-state index is 13.6. The number of imidazole rings is 1. The molecule has 5 heteroatoms. The Bertz CT molecular complexity index is 876. The number of aryl methyl sites for hydroxylation is 1. The molecule has 1 unspecified atom stereocenters. The lowest BCUT2D eigenvalue weighted by atomic mass is 10.0. The lowest BCUT2D eigenvalue weighted by Gasteiger charge is -2.33. The first-order valence-corrected chi connectivity index (χ1v) is 9.57. The third-order valence-corrected chi connectivity index (χ3v) is 5.10. The van der Waals surface area contributed by atoms with Crippen LogP contribution in [0.5, 0.6) is 0 Å². The van der Waals surface area contributed by atoms with Gasteiger partial charge in [0.25, 0.3) is 0 Å². The van der Waals surface area contributed by atoms with E-state index in [1.54, 1.807) is 6.07 Å². The van der Waals surface area contributed by atoms with Gasteiger partial charge >= 0.3 is 0 Å². The lowest BCUT2D eigenvalue weighted by Crippen LogP contribution is -2.41. The molecule has 1 heterocycles. The summed E-state index contributed by atoms with van der Waals surface area (Å²) in [6, 6.07) is 15.0. The molecule has 27 heavy (non-hydrogen) atoms. The molecular formula is C22H28FN3O. The van der Waals surface area contributed by atoms with Crippen molar-refractivity contribution in [3.8, 4) is 0 Å². The van der Waals surface area contributed by atoms with Crippen LogP contribution < -0.4 is 0 Å². The Morgan fingerprint density at radius 2 is 1.85 bits per heavy atom. The molecule has 1 N–H and O–H groups in total. The highest BCUT2D eigenvalue weighted by Gasteiger charge is 2.24. The summed E-state index contributed by atoms with van der Waals surface area (Å²) in [7, 11) is 0. The molecule has 4 nitrogen and oxygen atoms in total.